The molecule has 6 nitrogen and oxygen atoms in total. The summed E-state index contributed by atoms with van der Waals surface area (Å²) in [5, 5.41) is 7.25. The van der Waals surface area contributed by atoms with Crippen LogP contribution in [-0.2, 0) is 16.8 Å². The SMILES string of the molecule is CCc1ccc(C(=O)CCC(=O)NC2(c3noc(C)n3)CCCCCC2)cc1. The van der Waals surface area contributed by atoms with E-state index in [1.54, 1.807) is 6.92 Å². The first kappa shape index (κ1) is 20.2. The van der Waals surface area contributed by atoms with Crippen molar-refractivity contribution < 1.29 is 14.1 Å². The van der Waals surface area contributed by atoms with Crippen LogP contribution in [0.5, 0.6) is 0 Å². The summed E-state index contributed by atoms with van der Waals surface area (Å²) in [6, 6.07) is 7.61. The Bertz CT molecular complexity index is 803. The van der Waals surface area contributed by atoms with Crippen molar-refractivity contribution in [2.75, 3.05) is 0 Å². The second-order valence-corrected chi connectivity index (χ2v) is 7.66. The van der Waals surface area contributed by atoms with E-state index < -0.39 is 5.54 Å². The monoisotopic (exact) mass is 383 g/mol. The summed E-state index contributed by atoms with van der Waals surface area (Å²) in [6.07, 6.45) is 7.18. The normalized spacial score (nSPS) is 16.4. The second kappa shape index (κ2) is 9.13. The molecule has 1 amide bonds. The zero-order valence-electron chi connectivity index (χ0n) is 16.8. The molecule has 1 saturated carbocycles. The van der Waals surface area contributed by atoms with Gasteiger partial charge in [0.1, 0.15) is 5.54 Å². The van der Waals surface area contributed by atoms with Gasteiger partial charge in [-0.1, -0.05) is 62.0 Å². The maximum absolute atomic E-state index is 12.7. The van der Waals surface area contributed by atoms with Gasteiger partial charge in [-0.2, -0.15) is 4.98 Å². The molecule has 1 aliphatic carbocycles. The van der Waals surface area contributed by atoms with Gasteiger partial charge in [0, 0.05) is 25.3 Å². The molecule has 0 bridgehead atoms. The summed E-state index contributed by atoms with van der Waals surface area (Å²) in [6.45, 7) is 3.83. The molecule has 150 valence electrons. The van der Waals surface area contributed by atoms with Crippen molar-refractivity contribution in [2.24, 2.45) is 0 Å². The number of ketones is 1. The largest absolute Gasteiger partial charge is 0.343 e. The van der Waals surface area contributed by atoms with Crippen LogP contribution in [-0.4, -0.2) is 21.8 Å². The Morgan fingerprint density at radius 3 is 2.32 bits per heavy atom. The molecular formula is C22H29N3O3. The van der Waals surface area contributed by atoms with Crippen LogP contribution in [0, 0.1) is 6.92 Å². The molecule has 0 unspecified atom stereocenters. The third-order valence-corrected chi connectivity index (χ3v) is 5.55. The summed E-state index contributed by atoms with van der Waals surface area (Å²) >= 11 is 0. The average Bonchev–Trinajstić information content (AvgIpc) is 3.01. The molecule has 1 N–H and O–H groups in total. The second-order valence-electron chi connectivity index (χ2n) is 7.66. The van der Waals surface area contributed by atoms with Crippen LogP contribution in [0.25, 0.3) is 0 Å². The fourth-order valence-corrected chi connectivity index (χ4v) is 3.86. The molecule has 1 aliphatic rings. The molecule has 0 saturated heterocycles. The maximum atomic E-state index is 12.7. The molecule has 1 fully saturated rings. The van der Waals surface area contributed by atoms with Crippen LogP contribution in [0.2, 0.25) is 0 Å². The number of amides is 1. The number of hydrogen-bond acceptors (Lipinski definition) is 5. The third-order valence-electron chi connectivity index (χ3n) is 5.55. The first-order valence-corrected chi connectivity index (χ1v) is 10.3. The van der Waals surface area contributed by atoms with Gasteiger partial charge >= 0.3 is 0 Å². The number of carbonyl (C=O) groups is 2. The average molecular weight is 383 g/mol. The van der Waals surface area contributed by atoms with Gasteiger partial charge in [0.15, 0.2) is 11.6 Å². The number of carbonyl (C=O) groups excluding carboxylic acids is 2. The zero-order valence-corrected chi connectivity index (χ0v) is 16.8. The van der Waals surface area contributed by atoms with Crippen LogP contribution in [0.15, 0.2) is 28.8 Å². The van der Waals surface area contributed by atoms with Gasteiger partial charge in [-0.25, -0.2) is 0 Å². The van der Waals surface area contributed by atoms with Gasteiger partial charge in [0.25, 0.3) is 0 Å². The molecule has 0 atom stereocenters. The number of nitrogens with one attached hydrogen (secondary N) is 1. The number of nitrogens with zero attached hydrogens (tertiary/aromatic N) is 2. The van der Waals surface area contributed by atoms with Gasteiger partial charge in [0.05, 0.1) is 0 Å². The molecule has 1 aromatic heterocycles. The molecule has 0 radical (unpaired) electrons. The molecule has 1 aromatic carbocycles. The number of benzene rings is 1. The van der Waals surface area contributed by atoms with Crippen molar-refractivity contribution in [3.8, 4) is 0 Å². The minimum Gasteiger partial charge on any atom is -0.343 e. The lowest BCUT2D eigenvalue weighted by molar-refractivity contribution is -0.123. The predicted octanol–water partition coefficient (Wildman–Crippen LogP) is 4.27. The minimum atomic E-state index is -0.586. The minimum absolute atomic E-state index is 0.0110. The Balaban J connectivity index is 1.64. The van der Waals surface area contributed by atoms with E-state index in [0.717, 1.165) is 44.9 Å². The summed E-state index contributed by atoms with van der Waals surface area (Å²) in [7, 11) is 0. The van der Waals surface area contributed by atoms with Crippen molar-refractivity contribution in [2.45, 2.75) is 77.2 Å². The van der Waals surface area contributed by atoms with Gasteiger partial charge < -0.3 is 9.84 Å². The van der Waals surface area contributed by atoms with Gasteiger partial charge in [-0.3, -0.25) is 9.59 Å². The molecule has 6 heteroatoms. The van der Waals surface area contributed by atoms with Crippen molar-refractivity contribution in [3.63, 3.8) is 0 Å². The van der Waals surface area contributed by atoms with Crippen molar-refractivity contribution in [1.82, 2.24) is 15.5 Å². The molecule has 0 aliphatic heterocycles. The van der Waals surface area contributed by atoms with Crippen LogP contribution in [0.4, 0.5) is 0 Å². The lowest BCUT2D eigenvalue weighted by Gasteiger charge is -2.30. The molecule has 3 rings (SSSR count). The van der Waals surface area contributed by atoms with E-state index >= 15 is 0 Å². The van der Waals surface area contributed by atoms with Crippen LogP contribution >= 0.6 is 0 Å². The van der Waals surface area contributed by atoms with Crippen LogP contribution < -0.4 is 5.32 Å². The zero-order chi connectivity index (χ0) is 20.0. The standard InChI is InChI=1S/C22H29N3O3/c1-3-17-8-10-18(11-9-17)19(26)12-13-20(27)24-22(14-6-4-5-7-15-22)21-23-16(2)28-25-21/h8-11H,3-7,12-15H2,1-2H3,(H,24,27). The highest BCUT2D eigenvalue weighted by Crippen LogP contribution is 2.34. The van der Waals surface area contributed by atoms with Crippen molar-refractivity contribution in [3.05, 3.63) is 47.1 Å². The van der Waals surface area contributed by atoms with E-state index in [0.29, 0.717) is 17.3 Å². The summed E-state index contributed by atoms with van der Waals surface area (Å²) < 4.78 is 5.17. The smallest absolute Gasteiger partial charge is 0.223 e. The fraction of sp³-hybridized carbons (Fsp3) is 0.545. The number of Topliss-reactive ketones (excluding diaryl/α,β-unsaturated/α-hetero) is 1. The summed E-state index contributed by atoms with van der Waals surface area (Å²) in [5.74, 6) is 0.909. The summed E-state index contributed by atoms with van der Waals surface area (Å²) in [4.78, 5) is 29.5. The highest BCUT2D eigenvalue weighted by molar-refractivity contribution is 5.98. The molecular weight excluding hydrogens is 354 g/mol. The van der Waals surface area contributed by atoms with E-state index in [1.807, 2.05) is 24.3 Å². The topological polar surface area (TPSA) is 85.1 Å². The van der Waals surface area contributed by atoms with E-state index in [2.05, 4.69) is 22.4 Å². The van der Waals surface area contributed by atoms with Crippen molar-refractivity contribution in [1.29, 1.82) is 0 Å². The Hall–Kier alpha value is -2.50. The molecule has 0 spiro atoms. The first-order valence-electron chi connectivity index (χ1n) is 10.3. The van der Waals surface area contributed by atoms with E-state index in [-0.39, 0.29) is 24.5 Å². The van der Waals surface area contributed by atoms with Crippen LogP contribution in [0.3, 0.4) is 0 Å². The predicted molar refractivity (Wildman–Crippen MR) is 106 cm³/mol. The highest BCUT2D eigenvalue weighted by Gasteiger charge is 2.38. The van der Waals surface area contributed by atoms with E-state index in [4.69, 9.17) is 4.52 Å². The molecule has 28 heavy (non-hydrogen) atoms. The van der Waals surface area contributed by atoms with Gasteiger partial charge in [0.2, 0.25) is 11.8 Å². The van der Waals surface area contributed by atoms with E-state index in [1.165, 1.54) is 5.56 Å². The third kappa shape index (κ3) is 4.86. The highest BCUT2D eigenvalue weighted by atomic mass is 16.5. The Morgan fingerprint density at radius 1 is 1.07 bits per heavy atom. The van der Waals surface area contributed by atoms with Crippen molar-refractivity contribution >= 4 is 11.7 Å². The Morgan fingerprint density at radius 2 is 1.75 bits per heavy atom. The first-order chi connectivity index (χ1) is 13.5. The quantitative estimate of drug-likeness (QED) is 0.570. The molecule has 1 heterocycles. The summed E-state index contributed by atoms with van der Waals surface area (Å²) in [5.41, 5.74) is 1.26. The number of aromatic nitrogens is 2. The van der Waals surface area contributed by atoms with Gasteiger partial charge in [-0.15, -0.1) is 0 Å². The maximum Gasteiger partial charge on any atom is 0.223 e. The van der Waals surface area contributed by atoms with E-state index in [9.17, 15) is 9.59 Å². The number of hydrogen-bond donors (Lipinski definition) is 1. The Labute approximate surface area is 166 Å². The number of rotatable bonds is 7. The lowest BCUT2D eigenvalue weighted by atomic mass is 9.88. The lowest BCUT2D eigenvalue weighted by Crippen LogP contribution is -2.46. The molecule has 2 aromatic rings. The Kier molecular flexibility index (Phi) is 6.60. The van der Waals surface area contributed by atoms with Gasteiger partial charge in [-0.05, 0) is 24.8 Å². The van der Waals surface area contributed by atoms with Crippen LogP contribution in [0.1, 0.15) is 85.9 Å². The number of aryl methyl sites for hydroxylation is 2. The fourth-order valence-electron chi connectivity index (χ4n) is 3.86.